The summed E-state index contributed by atoms with van der Waals surface area (Å²) in [7, 11) is 0. The molecule has 0 bridgehead atoms. The fourth-order valence-electron chi connectivity index (χ4n) is 3.42. The van der Waals surface area contributed by atoms with E-state index >= 15 is 0 Å². The van der Waals surface area contributed by atoms with Gasteiger partial charge in [-0.15, -0.1) is 0 Å². The van der Waals surface area contributed by atoms with Gasteiger partial charge in [0.15, 0.2) is 17.1 Å². The number of nitrogens with zero attached hydrogens (tertiary/aromatic N) is 4. The van der Waals surface area contributed by atoms with Crippen LogP contribution in [0.2, 0.25) is 0 Å². The molecule has 5 rings (SSSR count). The van der Waals surface area contributed by atoms with Gasteiger partial charge in [0.25, 0.3) is 5.56 Å². The highest BCUT2D eigenvalue weighted by Gasteiger charge is 2.21. The van der Waals surface area contributed by atoms with E-state index in [4.69, 9.17) is 9.47 Å². The molecule has 0 unspecified atom stereocenters. The molecule has 0 saturated heterocycles. The van der Waals surface area contributed by atoms with Crippen LogP contribution in [0.1, 0.15) is 0 Å². The molecule has 1 amide bonds. The fourth-order valence-corrected chi connectivity index (χ4v) is 3.42. The van der Waals surface area contributed by atoms with Crippen molar-refractivity contribution in [2.24, 2.45) is 0 Å². The Morgan fingerprint density at radius 1 is 1.10 bits per heavy atom. The van der Waals surface area contributed by atoms with Crippen LogP contribution in [0.3, 0.4) is 0 Å². The van der Waals surface area contributed by atoms with Crippen LogP contribution in [0.15, 0.2) is 71.9 Å². The molecule has 156 valence electrons. The number of rotatable bonds is 5. The zero-order chi connectivity index (χ0) is 21.2. The Kier molecular flexibility index (Phi) is 4.83. The molecule has 2 aromatic carbocycles. The highest BCUT2D eigenvalue weighted by Crippen LogP contribution is 2.30. The minimum Gasteiger partial charge on any atom is -0.486 e. The van der Waals surface area contributed by atoms with Crippen LogP contribution < -0.4 is 20.3 Å². The van der Waals surface area contributed by atoms with Gasteiger partial charge in [0.2, 0.25) is 5.91 Å². The molecule has 3 heterocycles. The van der Waals surface area contributed by atoms with Crippen molar-refractivity contribution in [2.75, 3.05) is 13.2 Å². The lowest BCUT2D eigenvalue weighted by Gasteiger charge is -2.26. The maximum atomic E-state index is 12.8. The van der Waals surface area contributed by atoms with Crippen molar-refractivity contribution in [3.8, 4) is 17.2 Å². The molecule has 1 aliphatic heterocycles. The standard InChI is InChI=1S/C22H19N5O4/c28-20(23-10-16-13-30-18-8-4-5-9-19(18)31-16)12-26-14-24-21-17(22(26)29)11-25-27(21)15-6-2-1-3-7-15/h1-9,11,14,16H,10,12-13H2,(H,23,28)/t16-/m0/s1. The molecular formula is C22H19N5O4. The predicted octanol–water partition coefficient (Wildman–Crippen LogP) is 1.54. The summed E-state index contributed by atoms with van der Waals surface area (Å²) >= 11 is 0. The van der Waals surface area contributed by atoms with Crippen molar-refractivity contribution in [2.45, 2.75) is 12.6 Å². The van der Waals surface area contributed by atoms with Crippen molar-refractivity contribution in [1.29, 1.82) is 0 Å². The zero-order valence-electron chi connectivity index (χ0n) is 16.5. The van der Waals surface area contributed by atoms with Gasteiger partial charge in [-0.2, -0.15) is 5.10 Å². The molecule has 4 aromatic rings. The van der Waals surface area contributed by atoms with E-state index in [0.717, 1.165) is 5.69 Å². The number of para-hydroxylation sites is 3. The lowest BCUT2D eigenvalue weighted by atomic mass is 10.2. The molecular weight excluding hydrogens is 398 g/mol. The number of ether oxygens (including phenoxy) is 2. The summed E-state index contributed by atoms with van der Waals surface area (Å²) in [6.07, 6.45) is 2.53. The van der Waals surface area contributed by atoms with E-state index in [-0.39, 0.29) is 30.7 Å². The quantitative estimate of drug-likeness (QED) is 0.529. The predicted molar refractivity (Wildman–Crippen MR) is 112 cm³/mol. The van der Waals surface area contributed by atoms with Gasteiger partial charge in [-0.1, -0.05) is 30.3 Å². The van der Waals surface area contributed by atoms with Crippen molar-refractivity contribution >= 4 is 16.9 Å². The maximum Gasteiger partial charge on any atom is 0.264 e. The van der Waals surface area contributed by atoms with Crippen LogP contribution in [0.5, 0.6) is 11.5 Å². The van der Waals surface area contributed by atoms with Crippen molar-refractivity contribution in [3.63, 3.8) is 0 Å². The van der Waals surface area contributed by atoms with Gasteiger partial charge in [-0.3, -0.25) is 14.2 Å². The number of hydrogen-bond acceptors (Lipinski definition) is 6. The van der Waals surface area contributed by atoms with Gasteiger partial charge < -0.3 is 14.8 Å². The third kappa shape index (κ3) is 3.73. The fraction of sp³-hybridized carbons (Fsp3) is 0.182. The molecule has 0 saturated carbocycles. The lowest BCUT2D eigenvalue weighted by molar-refractivity contribution is -0.122. The maximum absolute atomic E-state index is 12.8. The number of carbonyl (C=O) groups is 1. The number of fused-ring (bicyclic) bond motifs is 2. The molecule has 0 fully saturated rings. The van der Waals surface area contributed by atoms with Gasteiger partial charge in [-0.25, -0.2) is 9.67 Å². The average molecular weight is 417 g/mol. The third-order valence-electron chi connectivity index (χ3n) is 4.96. The second kappa shape index (κ2) is 7.94. The van der Waals surface area contributed by atoms with E-state index in [1.54, 1.807) is 4.68 Å². The lowest BCUT2D eigenvalue weighted by Crippen LogP contribution is -2.42. The summed E-state index contributed by atoms with van der Waals surface area (Å²) in [6.45, 7) is 0.454. The van der Waals surface area contributed by atoms with Crippen molar-refractivity contribution in [3.05, 3.63) is 77.5 Å². The van der Waals surface area contributed by atoms with Gasteiger partial charge in [0.05, 0.1) is 18.4 Å². The molecule has 9 nitrogen and oxygen atoms in total. The van der Waals surface area contributed by atoms with Gasteiger partial charge >= 0.3 is 0 Å². The molecule has 0 radical (unpaired) electrons. The number of nitrogens with one attached hydrogen (secondary N) is 1. The first-order valence-corrected chi connectivity index (χ1v) is 9.83. The first kappa shape index (κ1) is 18.9. The molecule has 1 aliphatic rings. The van der Waals surface area contributed by atoms with Crippen LogP contribution in [-0.2, 0) is 11.3 Å². The second-order valence-electron chi connectivity index (χ2n) is 7.11. The molecule has 1 N–H and O–H groups in total. The number of amides is 1. The zero-order valence-corrected chi connectivity index (χ0v) is 16.5. The largest absolute Gasteiger partial charge is 0.486 e. The SMILES string of the molecule is O=C(Cn1cnc2c(cnn2-c2ccccc2)c1=O)NC[C@H]1COc2ccccc2O1. The van der Waals surface area contributed by atoms with Crippen LogP contribution in [-0.4, -0.2) is 44.5 Å². The summed E-state index contributed by atoms with van der Waals surface area (Å²) in [5, 5.41) is 7.41. The highest BCUT2D eigenvalue weighted by atomic mass is 16.6. The monoisotopic (exact) mass is 417 g/mol. The Bertz CT molecular complexity index is 1300. The van der Waals surface area contributed by atoms with Gasteiger partial charge in [0, 0.05) is 0 Å². The summed E-state index contributed by atoms with van der Waals surface area (Å²) in [5.74, 6) is 1.02. The van der Waals surface area contributed by atoms with Crippen LogP contribution in [0, 0.1) is 0 Å². The normalized spacial score (nSPS) is 15.0. The Hall–Kier alpha value is -4.14. The Morgan fingerprint density at radius 3 is 2.71 bits per heavy atom. The van der Waals surface area contributed by atoms with E-state index in [9.17, 15) is 9.59 Å². The van der Waals surface area contributed by atoms with Gasteiger partial charge in [0.1, 0.15) is 31.0 Å². The van der Waals surface area contributed by atoms with Crippen molar-refractivity contribution < 1.29 is 14.3 Å². The summed E-state index contributed by atoms with van der Waals surface area (Å²) in [5.41, 5.74) is 0.920. The molecule has 0 spiro atoms. The number of hydrogen-bond donors (Lipinski definition) is 1. The van der Waals surface area contributed by atoms with Gasteiger partial charge in [-0.05, 0) is 24.3 Å². The molecule has 0 aliphatic carbocycles. The number of aromatic nitrogens is 4. The molecule has 31 heavy (non-hydrogen) atoms. The first-order valence-electron chi connectivity index (χ1n) is 9.83. The third-order valence-corrected chi connectivity index (χ3v) is 4.96. The van der Waals surface area contributed by atoms with Crippen LogP contribution >= 0.6 is 0 Å². The minimum atomic E-state index is -0.325. The van der Waals surface area contributed by atoms with E-state index in [1.807, 2.05) is 54.6 Å². The van der Waals surface area contributed by atoms with Crippen LogP contribution in [0.4, 0.5) is 0 Å². The Morgan fingerprint density at radius 2 is 1.87 bits per heavy atom. The number of carbonyl (C=O) groups excluding carboxylic acids is 1. The summed E-state index contributed by atoms with van der Waals surface area (Å²) in [4.78, 5) is 29.5. The van der Waals surface area contributed by atoms with Crippen LogP contribution in [0.25, 0.3) is 16.7 Å². The Balaban J connectivity index is 1.26. The average Bonchev–Trinajstić information content (AvgIpc) is 3.25. The second-order valence-corrected chi connectivity index (χ2v) is 7.11. The Labute approximate surface area is 176 Å². The summed E-state index contributed by atoms with van der Waals surface area (Å²) < 4.78 is 14.3. The number of benzene rings is 2. The smallest absolute Gasteiger partial charge is 0.264 e. The topological polar surface area (TPSA) is 100 Å². The highest BCUT2D eigenvalue weighted by molar-refractivity contribution is 5.77. The minimum absolute atomic E-state index is 0.150. The molecule has 9 heteroatoms. The van der Waals surface area contributed by atoms with E-state index < -0.39 is 0 Å². The first-order chi connectivity index (χ1) is 15.2. The molecule has 1 atom stereocenters. The van der Waals surface area contributed by atoms with E-state index in [1.165, 1.54) is 17.1 Å². The molecule has 2 aromatic heterocycles. The summed E-state index contributed by atoms with van der Waals surface area (Å²) in [6, 6.07) is 16.8. The van der Waals surface area contributed by atoms with Crippen molar-refractivity contribution in [1.82, 2.24) is 24.6 Å². The van der Waals surface area contributed by atoms with E-state index in [0.29, 0.717) is 29.1 Å². The van der Waals surface area contributed by atoms with E-state index in [2.05, 4.69) is 15.4 Å².